The van der Waals surface area contributed by atoms with Gasteiger partial charge in [0.2, 0.25) is 5.91 Å². The second-order valence-corrected chi connectivity index (χ2v) is 3.42. The van der Waals surface area contributed by atoms with Gasteiger partial charge in [0.05, 0.1) is 0 Å². The van der Waals surface area contributed by atoms with Crippen molar-refractivity contribution < 1.29 is 4.79 Å². The minimum Gasteiger partial charge on any atom is -0.366 e. The standard InChI is InChI=1S/C12H12N2O/c13-7-10-5-8-3-1-2-4-9(8)6-11(10)12(14)15/h1-6H,7,13H2,(H2,14,15). The lowest BCUT2D eigenvalue weighted by Crippen LogP contribution is -2.15. The van der Waals surface area contributed by atoms with Crippen molar-refractivity contribution in [1.29, 1.82) is 0 Å². The molecular formula is C12H12N2O. The van der Waals surface area contributed by atoms with Gasteiger partial charge in [-0.1, -0.05) is 24.3 Å². The Morgan fingerprint density at radius 2 is 1.73 bits per heavy atom. The molecule has 2 rings (SSSR count). The molecule has 3 heteroatoms. The number of fused-ring (bicyclic) bond motifs is 1. The molecular weight excluding hydrogens is 188 g/mol. The maximum Gasteiger partial charge on any atom is 0.249 e. The highest BCUT2D eigenvalue weighted by Crippen LogP contribution is 2.19. The average molecular weight is 200 g/mol. The maximum absolute atomic E-state index is 11.2. The van der Waals surface area contributed by atoms with Gasteiger partial charge in [-0.3, -0.25) is 4.79 Å². The molecule has 0 fully saturated rings. The third-order valence-electron chi connectivity index (χ3n) is 2.46. The number of primary amides is 1. The van der Waals surface area contributed by atoms with E-state index in [4.69, 9.17) is 11.5 Å². The molecule has 0 aliphatic carbocycles. The Bertz CT molecular complexity index is 520. The van der Waals surface area contributed by atoms with E-state index in [0.717, 1.165) is 16.3 Å². The minimum absolute atomic E-state index is 0.323. The van der Waals surface area contributed by atoms with Gasteiger partial charge in [-0.05, 0) is 28.5 Å². The molecule has 0 saturated carbocycles. The van der Waals surface area contributed by atoms with Crippen molar-refractivity contribution in [2.45, 2.75) is 6.54 Å². The Morgan fingerprint density at radius 3 is 2.27 bits per heavy atom. The Kier molecular flexibility index (Phi) is 2.39. The van der Waals surface area contributed by atoms with Crippen molar-refractivity contribution in [2.24, 2.45) is 11.5 Å². The van der Waals surface area contributed by atoms with Crippen LogP contribution in [0.5, 0.6) is 0 Å². The molecule has 2 aromatic carbocycles. The van der Waals surface area contributed by atoms with Crippen LogP contribution in [-0.4, -0.2) is 5.91 Å². The fraction of sp³-hybridized carbons (Fsp3) is 0.0833. The molecule has 0 unspecified atom stereocenters. The topological polar surface area (TPSA) is 69.1 Å². The maximum atomic E-state index is 11.2. The Morgan fingerprint density at radius 1 is 1.13 bits per heavy atom. The van der Waals surface area contributed by atoms with Gasteiger partial charge in [0.1, 0.15) is 0 Å². The van der Waals surface area contributed by atoms with Crippen LogP contribution in [0.1, 0.15) is 15.9 Å². The number of rotatable bonds is 2. The largest absolute Gasteiger partial charge is 0.366 e. The van der Waals surface area contributed by atoms with Gasteiger partial charge in [0.15, 0.2) is 0 Å². The van der Waals surface area contributed by atoms with Crippen molar-refractivity contribution in [3.8, 4) is 0 Å². The molecule has 2 aromatic rings. The Balaban J connectivity index is 2.74. The number of carbonyl (C=O) groups excluding carboxylic acids is 1. The van der Waals surface area contributed by atoms with E-state index < -0.39 is 5.91 Å². The van der Waals surface area contributed by atoms with E-state index in [-0.39, 0.29) is 0 Å². The minimum atomic E-state index is -0.429. The third kappa shape index (κ3) is 1.69. The predicted octanol–water partition coefficient (Wildman–Crippen LogP) is 1.40. The van der Waals surface area contributed by atoms with E-state index >= 15 is 0 Å². The highest BCUT2D eigenvalue weighted by molar-refractivity contribution is 5.99. The summed E-state index contributed by atoms with van der Waals surface area (Å²) in [5.41, 5.74) is 12.2. The van der Waals surface area contributed by atoms with Crippen molar-refractivity contribution in [3.63, 3.8) is 0 Å². The highest BCUT2D eigenvalue weighted by Gasteiger charge is 2.07. The van der Waals surface area contributed by atoms with E-state index in [1.165, 1.54) is 0 Å². The van der Waals surface area contributed by atoms with E-state index in [1.54, 1.807) is 6.07 Å². The highest BCUT2D eigenvalue weighted by atomic mass is 16.1. The van der Waals surface area contributed by atoms with Gasteiger partial charge in [-0.2, -0.15) is 0 Å². The van der Waals surface area contributed by atoms with E-state index in [2.05, 4.69) is 0 Å². The van der Waals surface area contributed by atoms with Crippen LogP contribution >= 0.6 is 0 Å². The van der Waals surface area contributed by atoms with Gasteiger partial charge in [0.25, 0.3) is 0 Å². The van der Waals surface area contributed by atoms with Crippen LogP contribution in [0, 0.1) is 0 Å². The monoisotopic (exact) mass is 200 g/mol. The fourth-order valence-electron chi connectivity index (χ4n) is 1.69. The van der Waals surface area contributed by atoms with E-state index in [1.807, 2.05) is 30.3 Å². The van der Waals surface area contributed by atoms with Crippen LogP contribution in [0.4, 0.5) is 0 Å². The number of hydrogen-bond acceptors (Lipinski definition) is 2. The molecule has 0 aromatic heterocycles. The molecule has 0 spiro atoms. The van der Waals surface area contributed by atoms with E-state index in [9.17, 15) is 4.79 Å². The number of carbonyl (C=O) groups is 1. The van der Waals surface area contributed by atoms with Gasteiger partial charge in [-0.15, -0.1) is 0 Å². The summed E-state index contributed by atoms with van der Waals surface area (Å²) in [6.45, 7) is 0.323. The van der Waals surface area contributed by atoms with Crippen LogP contribution in [0.25, 0.3) is 10.8 Å². The van der Waals surface area contributed by atoms with Crippen LogP contribution in [0.3, 0.4) is 0 Å². The molecule has 4 N–H and O–H groups in total. The first-order valence-electron chi connectivity index (χ1n) is 4.74. The number of amides is 1. The zero-order valence-corrected chi connectivity index (χ0v) is 8.23. The first kappa shape index (κ1) is 9.68. The Hall–Kier alpha value is -1.87. The molecule has 0 heterocycles. The molecule has 3 nitrogen and oxygen atoms in total. The molecule has 0 saturated heterocycles. The van der Waals surface area contributed by atoms with Gasteiger partial charge in [-0.25, -0.2) is 0 Å². The molecule has 0 aliphatic rings. The van der Waals surface area contributed by atoms with Crippen LogP contribution in [0.15, 0.2) is 36.4 Å². The molecule has 0 atom stereocenters. The predicted molar refractivity (Wildman–Crippen MR) is 60.4 cm³/mol. The average Bonchev–Trinajstić information content (AvgIpc) is 2.27. The normalized spacial score (nSPS) is 10.5. The van der Waals surface area contributed by atoms with E-state index in [0.29, 0.717) is 12.1 Å². The molecule has 15 heavy (non-hydrogen) atoms. The number of hydrogen-bond donors (Lipinski definition) is 2. The summed E-state index contributed by atoms with van der Waals surface area (Å²) in [5.74, 6) is -0.429. The van der Waals surface area contributed by atoms with Crippen LogP contribution in [0.2, 0.25) is 0 Å². The first-order chi connectivity index (χ1) is 7.22. The molecule has 0 aliphatic heterocycles. The van der Waals surface area contributed by atoms with Crippen molar-refractivity contribution >= 4 is 16.7 Å². The zero-order valence-electron chi connectivity index (χ0n) is 8.23. The summed E-state index contributed by atoms with van der Waals surface area (Å²) in [5, 5.41) is 2.08. The SMILES string of the molecule is NCc1cc2ccccc2cc1C(N)=O. The summed E-state index contributed by atoms with van der Waals surface area (Å²) in [7, 11) is 0. The summed E-state index contributed by atoms with van der Waals surface area (Å²) in [6, 6.07) is 11.5. The third-order valence-corrected chi connectivity index (χ3v) is 2.46. The molecule has 0 bridgehead atoms. The molecule has 1 amide bonds. The fourth-order valence-corrected chi connectivity index (χ4v) is 1.69. The molecule has 0 radical (unpaired) electrons. The van der Waals surface area contributed by atoms with Gasteiger partial charge >= 0.3 is 0 Å². The lowest BCUT2D eigenvalue weighted by Gasteiger charge is -2.06. The number of benzene rings is 2. The lowest BCUT2D eigenvalue weighted by atomic mass is 10.0. The van der Waals surface area contributed by atoms with Crippen molar-refractivity contribution in [2.75, 3.05) is 0 Å². The summed E-state index contributed by atoms with van der Waals surface area (Å²) in [4.78, 5) is 11.2. The summed E-state index contributed by atoms with van der Waals surface area (Å²) >= 11 is 0. The van der Waals surface area contributed by atoms with Crippen LogP contribution in [-0.2, 0) is 6.54 Å². The Labute approximate surface area is 87.7 Å². The quantitative estimate of drug-likeness (QED) is 0.769. The number of nitrogens with two attached hydrogens (primary N) is 2. The van der Waals surface area contributed by atoms with Gasteiger partial charge < -0.3 is 11.5 Å². The smallest absolute Gasteiger partial charge is 0.249 e. The van der Waals surface area contributed by atoms with Crippen LogP contribution < -0.4 is 11.5 Å². The lowest BCUT2D eigenvalue weighted by molar-refractivity contribution is 0.0999. The second-order valence-electron chi connectivity index (χ2n) is 3.42. The molecule has 76 valence electrons. The zero-order chi connectivity index (χ0) is 10.8. The summed E-state index contributed by atoms with van der Waals surface area (Å²) in [6.07, 6.45) is 0. The van der Waals surface area contributed by atoms with Crippen molar-refractivity contribution in [3.05, 3.63) is 47.5 Å². The second kappa shape index (κ2) is 3.71. The van der Waals surface area contributed by atoms with Crippen molar-refractivity contribution in [1.82, 2.24) is 0 Å². The summed E-state index contributed by atoms with van der Waals surface area (Å²) < 4.78 is 0. The van der Waals surface area contributed by atoms with Gasteiger partial charge in [0, 0.05) is 12.1 Å². The first-order valence-corrected chi connectivity index (χ1v) is 4.74.